The smallest absolute Gasteiger partial charge is 0.135 e. The molecule has 0 aliphatic carbocycles. The quantitative estimate of drug-likeness (QED) is 0.175. The summed E-state index contributed by atoms with van der Waals surface area (Å²) in [6.45, 7) is 0. The second-order valence-corrected chi connectivity index (χ2v) is 14.1. The van der Waals surface area contributed by atoms with E-state index in [4.69, 9.17) is 4.42 Å². The summed E-state index contributed by atoms with van der Waals surface area (Å²) in [5, 5.41) is 4.88. The summed E-state index contributed by atoms with van der Waals surface area (Å²) < 4.78 is 8.82. The molecule has 51 heavy (non-hydrogen) atoms. The fraction of sp³-hybridized carbons (Fsp3) is 0. The van der Waals surface area contributed by atoms with Gasteiger partial charge < -0.3 is 9.32 Å². The van der Waals surface area contributed by atoms with Crippen LogP contribution in [0.1, 0.15) is 0 Å². The number of thiophene rings is 1. The minimum absolute atomic E-state index is 0.906. The minimum atomic E-state index is 0.906. The Morgan fingerprint density at radius 3 is 1.51 bits per heavy atom. The molecule has 10 aromatic rings. The Morgan fingerprint density at radius 1 is 0.314 bits per heavy atom. The summed E-state index contributed by atoms with van der Waals surface area (Å²) in [7, 11) is 0. The molecule has 0 N–H and O–H groups in total. The Balaban J connectivity index is 1.13. The van der Waals surface area contributed by atoms with E-state index in [0.29, 0.717) is 0 Å². The van der Waals surface area contributed by atoms with Gasteiger partial charge in [-0.25, -0.2) is 0 Å². The van der Waals surface area contributed by atoms with Crippen molar-refractivity contribution in [3.63, 3.8) is 0 Å². The molecule has 0 bridgehead atoms. The predicted octanol–water partition coefficient (Wildman–Crippen LogP) is 14.4. The van der Waals surface area contributed by atoms with Crippen molar-refractivity contribution in [2.75, 3.05) is 4.90 Å². The van der Waals surface area contributed by atoms with Crippen molar-refractivity contribution in [2.45, 2.75) is 0 Å². The first-order valence-electron chi connectivity index (χ1n) is 17.2. The molecule has 2 aromatic heterocycles. The van der Waals surface area contributed by atoms with Crippen molar-refractivity contribution in [3.05, 3.63) is 188 Å². The SMILES string of the molecule is c1ccc(N(c2ccccc2)c2ccc(-c3cc(-c4ccc5oc6ccccc6c5c4)cc(-c4ccc5sc6ccccc6c5c4)c3)cc2)cc1. The van der Waals surface area contributed by atoms with Crippen LogP contribution < -0.4 is 4.90 Å². The first kappa shape index (κ1) is 29.5. The number of hydrogen-bond donors (Lipinski definition) is 0. The standard InChI is InChI=1S/C48H31NOS/c1-3-11-38(12-4-1)49(39-13-5-2-6-14-39)40-23-19-32(20-24-40)35-27-36(33-21-25-46-43(30-33)41-15-7-9-17-45(41)50-46)29-37(28-35)34-22-26-48-44(31-34)42-16-8-10-18-47(42)51-48/h1-31H. The maximum absolute atomic E-state index is 6.19. The third-order valence-electron chi connectivity index (χ3n) is 9.84. The van der Waals surface area contributed by atoms with E-state index >= 15 is 0 Å². The number of hydrogen-bond acceptors (Lipinski definition) is 3. The fourth-order valence-corrected chi connectivity index (χ4v) is 8.43. The summed E-state index contributed by atoms with van der Waals surface area (Å²) >= 11 is 1.86. The monoisotopic (exact) mass is 669 g/mol. The van der Waals surface area contributed by atoms with Gasteiger partial charge in [0.15, 0.2) is 0 Å². The van der Waals surface area contributed by atoms with Crippen LogP contribution in [0.3, 0.4) is 0 Å². The number of fused-ring (bicyclic) bond motifs is 6. The summed E-state index contributed by atoms with van der Waals surface area (Å²) in [6.07, 6.45) is 0. The number of anilines is 3. The molecule has 10 rings (SSSR count). The average Bonchev–Trinajstić information content (AvgIpc) is 3.77. The molecule has 2 heterocycles. The molecule has 240 valence electrons. The largest absolute Gasteiger partial charge is 0.456 e. The number of furan rings is 1. The zero-order chi connectivity index (χ0) is 33.7. The molecule has 0 atom stereocenters. The predicted molar refractivity (Wildman–Crippen MR) is 218 cm³/mol. The second kappa shape index (κ2) is 12.2. The van der Waals surface area contributed by atoms with Crippen molar-refractivity contribution in [2.24, 2.45) is 0 Å². The first-order chi connectivity index (χ1) is 25.2. The average molecular weight is 670 g/mol. The van der Waals surface area contributed by atoms with Gasteiger partial charge in [0, 0.05) is 48.0 Å². The first-order valence-corrected chi connectivity index (χ1v) is 18.1. The van der Waals surface area contributed by atoms with Crippen molar-refractivity contribution in [1.29, 1.82) is 0 Å². The van der Waals surface area contributed by atoms with Crippen LogP contribution in [0.4, 0.5) is 17.1 Å². The molecule has 0 saturated heterocycles. The summed E-state index contributed by atoms with van der Waals surface area (Å²) in [5.74, 6) is 0. The normalized spacial score (nSPS) is 11.5. The van der Waals surface area contributed by atoms with Gasteiger partial charge in [0.1, 0.15) is 11.2 Å². The maximum Gasteiger partial charge on any atom is 0.135 e. The lowest BCUT2D eigenvalue weighted by Crippen LogP contribution is -2.09. The van der Waals surface area contributed by atoms with Gasteiger partial charge in [-0.1, -0.05) is 97.1 Å². The highest BCUT2D eigenvalue weighted by Gasteiger charge is 2.15. The van der Waals surface area contributed by atoms with Gasteiger partial charge in [0.25, 0.3) is 0 Å². The van der Waals surface area contributed by atoms with Crippen molar-refractivity contribution >= 4 is 70.5 Å². The fourth-order valence-electron chi connectivity index (χ4n) is 7.34. The van der Waals surface area contributed by atoms with Crippen LogP contribution in [0.2, 0.25) is 0 Å². The van der Waals surface area contributed by atoms with E-state index in [1.807, 2.05) is 23.5 Å². The highest BCUT2D eigenvalue weighted by molar-refractivity contribution is 7.25. The highest BCUT2D eigenvalue weighted by Crippen LogP contribution is 2.41. The van der Waals surface area contributed by atoms with Crippen molar-refractivity contribution in [1.82, 2.24) is 0 Å². The third-order valence-corrected chi connectivity index (χ3v) is 11.0. The molecule has 0 amide bonds. The lowest BCUT2D eigenvalue weighted by Gasteiger charge is -2.25. The lowest BCUT2D eigenvalue weighted by molar-refractivity contribution is 0.669. The molecule has 0 spiro atoms. The Bertz CT molecular complexity index is 2680. The summed E-state index contributed by atoms with van der Waals surface area (Å²) in [5.41, 5.74) is 12.2. The molecule has 0 aliphatic rings. The van der Waals surface area contributed by atoms with Crippen LogP contribution in [0.25, 0.3) is 75.5 Å². The molecule has 0 fully saturated rings. The molecule has 0 aliphatic heterocycles. The highest BCUT2D eigenvalue weighted by atomic mass is 32.1. The van der Waals surface area contributed by atoms with Crippen LogP contribution in [0.15, 0.2) is 192 Å². The van der Waals surface area contributed by atoms with E-state index < -0.39 is 0 Å². The van der Waals surface area contributed by atoms with Crippen molar-refractivity contribution < 1.29 is 4.42 Å². The molecule has 3 heteroatoms. The molecular formula is C48H31NOS. The zero-order valence-corrected chi connectivity index (χ0v) is 28.5. The number of para-hydroxylation sites is 3. The lowest BCUT2D eigenvalue weighted by atomic mass is 9.92. The van der Waals surface area contributed by atoms with Gasteiger partial charge in [0.05, 0.1) is 0 Å². The molecule has 0 radical (unpaired) electrons. The zero-order valence-electron chi connectivity index (χ0n) is 27.7. The van der Waals surface area contributed by atoms with Gasteiger partial charge in [-0.15, -0.1) is 11.3 Å². The van der Waals surface area contributed by atoms with Crippen LogP contribution in [-0.4, -0.2) is 0 Å². The van der Waals surface area contributed by atoms with Crippen LogP contribution in [0, 0.1) is 0 Å². The van der Waals surface area contributed by atoms with Gasteiger partial charge in [0.2, 0.25) is 0 Å². The van der Waals surface area contributed by atoms with E-state index in [2.05, 4.69) is 181 Å². The van der Waals surface area contributed by atoms with Crippen LogP contribution >= 0.6 is 11.3 Å². The Hall–Kier alpha value is -6.42. The second-order valence-electron chi connectivity index (χ2n) is 13.0. The Labute approximate surface area is 300 Å². The van der Waals surface area contributed by atoms with Crippen LogP contribution in [0.5, 0.6) is 0 Å². The topological polar surface area (TPSA) is 16.4 Å². The minimum Gasteiger partial charge on any atom is -0.456 e. The van der Waals surface area contributed by atoms with E-state index in [-0.39, 0.29) is 0 Å². The van der Waals surface area contributed by atoms with Gasteiger partial charge in [-0.2, -0.15) is 0 Å². The van der Waals surface area contributed by atoms with Crippen molar-refractivity contribution in [3.8, 4) is 33.4 Å². The van der Waals surface area contributed by atoms with Gasteiger partial charge in [-0.05, 0) is 124 Å². The molecule has 2 nitrogen and oxygen atoms in total. The maximum atomic E-state index is 6.19. The number of benzene rings is 8. The van der Waals surface area contributed by atoms with E-state index in [1.165, 1.54) is 48.0 Å². The van der Waals surface area contributed by atoms with Gasteiger partial charge >= 0.3 is 0 Å². The van der Waals surface area contributed by atoms with Crippen LogP contribution in [-0.2, 0) is 0 Å². The van der Waals surface area contributed by atoms with E-state index in [0.717, 1.165) is 44.6 Å². The number of rotatable bonds is 6. The molecular weight excluding hydrogens is 639 g/mol. The molecule has 0 unspecified atom stereocenters. The molecule has 0 saturated carbocycles. The van der Waals surface area contributed by atoms with E-state index in [9.17, 15) is 0 Å². The Kier molecular flexibility index (Phi) is 7.04. The third kappa shape index (κ3) is 5.27. The number of nitrogens with zero attached hydrogens (tertiary/aromatic N) is 1. The summed E-state index contributed by atoms with van der Waals surface area (Å²) in [4.78, 5) is 2.30. The Morgan fingerprint density at radius 2 is 0.804 bits per heavy atom. The van der Waals surface area contributed by atoms with E-state index in [1.54, 1.807) is 0 Å². The molecule has 8 aromatic carbocycles. The summed E-state index contributed by atoms with van der Waals surface area (Å²) in [6, 6.07) is 67.6. The van der Waals surface area contributed by atoms with Gasteiger partial charge in [-0.3, -0.25) is 0 Å².